The Morgan fingerprint density at radius 1 is 1.24 bits per heavy atom. The van der Waals surface area contributed by atoms with Crippen LogP contribution >= 0.6 is 0 Å². The van der Waals surface area contributed by atoms with Crippen LogP contribution in [0.1, 0.15) is 55.9 Å². The normalized spacial score (nSPS) is 22.7. The molecule has 1 fully saturated rings. The third-order valence-corrected chi connectivity index (χ3v) is 6.50. The third kappa shape index (κ3) is 3.66. The largest absolute Gasteiger partial charge is 0.385 e. The summed E-state index contributed by atoms with van der Waals surface area (Å²) < 4.78 is 7.21. The molecular weight excluding hydrogens is 366 g/mol. The maximum atomic E-state index is 13.5. The molecule has 1 saturated carbocycles. The number of fused-ring (bicyclic) bond motifs is 3. The first kappa shape index (κ1) is 20.0. The molecule has 0 radical (unpaired) electrons. The summed E-state index contributed by atoms with van der Waals surface area (Å²) in [5.41, 5.74) is 0.743. The van der Waals surface area contributed by atoms with Crippen LogP contribution in [0.25, 0.3) is 10.9 Å². The number of amides is 2. The highest BCUT2D eigenvalue weighted by molar-refractivity contribution is 6.03. The average molecular weight is 398 g/mol. The van der Waals surface area contributed by atoms with E-state index < -0.39 is 5.54 Å². The van der Waals surface area contributed by atoms with Gasteiger partial charge >= 0.3 is 0 Å². The number of nitrogens with one attached hydrogen (secondary N) is 1. The molecule has 156 valence electrons. The van der Waals surface area contributed by atoms with Crippen LogP contribution in [0.2, 0.25) is 0 Å². The Kier molecular flexibility index (Phi) is 5.63. The molecule has 2 heterocycles. The lowest BCUT2D eigenvalue weighted by Crippen LogP contribution is -2.65. The number of carbonyl (C=O) groups excluding carboxylic acids is 2. The Labute approximate surface area is 172 Å². The first-order valence-corrected chi connectivity index (χ1v) is 10.7. The Hall–Kier alpha value is -2.34. The maximum absolute atomic E-state index is 13.5. The van der Waals surface area contributed by atoms with E-state index in [1.165, 1.54) is 6.42 Å². The molecule has 0 saturated heterocycles. The van der Waals surface area contributed by atoms with Gasteiger partial charge < -0.3 is 19.5 Å². The van der Waals surface area contributed by atoms with E-state index in [9.17, 15) is 9.59 Å². The monoisotopic (exact) mass is 397 g/mol. The van der Waals surface area contributed by atoms with Gasteiger partial charge in [-0.3, -0.25) is 9.59 Å². The van der Waals surface area contributed by atoms with Crippen LogP contribution < -0.4 is 5.32 Å². The fourth-order valence-electron chi connectivity index (χ4n) is 4.81. The molecule has 0 unspecified atom stereocenters. The number of ether oxygens (including phenoxy) is 1. The minimum atomic E-state index is -0.920. The van der Waals surface area contributed by atoms with Crippen LogP contribution in [-0.4, -0.2) is 53.1 Å². The Morgan fingerprint density at radius 2 is 2.00 bits per heavy atom. The van der Waals surface area contributed by atoms with Gasteiger partial charge in [-0.1, -0.05) is 37.5 Å². The molecule has 1 aromatic heterocycles. The maximum Gasteiger partial charge on any atom is 0.271 e. The van der Waals surface area contributed by atoms with Crippen molar-refractivity contribution in [2.45, 2.75) is 63.6 Å². The van der Waals surface area contributed by atoms with E-state index in [1.54, 1.807) is 12.0 Å². The van der Waals surface area contributed by atoms with Crippen LogP contribution in [0, 0.1) is 0 Å². The van der Waals surface area contributed by atoms with Crippen molar-refractivity contribution in [3.63, 3.8) is 0 Å². The zero-order chi connectivity index (χ0) is 20.4. The SMILES string of the molecule is COCCCN1C(=O)c2cc3ccccc3n2C[C@@]1(C)C(=O)NC1CCCCC1. The van der Waals surface area contributed by atoms with Crippen molar-refractivity contribution in [2.24, 2.45) is 0 Å². The van der Waals surface area contributed by atoms with Crippen molar-refractivity contribution in [1.82, 2.24) is 14.8 Å². The minimum absolute atomic E-state index is 0.0430. The quantitative estimate of drug-likeness (QED) is 0.761. The smallest absolute Gasteiger partial charge is 0.271 e. The number of nitrogens with zero attached hydrogens (tertiary/aromatic N) is 2. The first-order chi connectivity index (χ1) is 14.0. The van der Waals surface area contributed by atoms with Gasteiger partial charge in [0.05, 0.1) is 6.54 Å². The van der Waals surface area contributed by atoms with Gasteiger partial charge in [0.25, 0.3) is 5.91 Å². The molecule has 1 atom stereocenters. The van der Waals surface area contributed by atoms with E-state index in [-0.39, 0.29) is 17.9 Å². The highest BCUT2D eigenvalue weighted by Crippen LogP contribution is 2.33. The fourth-order valence-corrected chi connectivity index (χ4v) is 4.81. The lowest BCUT2D eigenvalue weighted by Gasteiger charge is -2.45. The number of benzene rings is 1. The predicted octanol–water partition coefficient (Wildman–Crippen LogP) is 3.34. The van der Waals surface area contributed by atoms with E-state index in [4.69, 9.17) is 4.74 Å². The second kappa shape index (κ2) is 8.19. The molecule has 1 aliphatic carbocycles. The molecule has 29 heavy (non-hydrogen) atoms. The molecular formula is C23H31N3O3. The molecule has 2 amide bonds. The summed E-state index contributed by atoms with van der Waals surface area (Å²) >= 11 is 0. The summed E-state index contributed by atoms with van der Waals surface area (Å²) in [6, 6.07) is 10.1. The second-order valence-electron chi connectivity index (χ2n) is 8.56. The molecule has 1 aliphatic heterocycles. The number of aromatic nitrogens is 1. The summed E-state index contributed by atoms with van der Waals surface area (Å²) in [4.78, 5) is 28.7. The zero-order valence-electron chi connectivity index (χ0n) is 17.4. The Morgan fingerprint density at radius 3 is 2.76 bits per heavy atom. The van der Waals surface area contributed by atoms with Gasteiger partial charge in [0, 0.05) is 37.2 Å². The van der Waals surface area contributed by atoms with E-state index in [1.807, 2.05) is 41.8 Å². The van der Waals surface area contributed by atoms with Crippen LogP contribution in [0.3, 0.4) is 0 Å². The van der Waals surface area contributed by atoms with Crippen LogP contribution in [0.5, 0.6) is 0 Å². The number of para-hydroxylation sites is 1. The van der Waals surface area contributed by atoms with E-state index in [0.29, 0.717) is 31.8 Å². The van der Waals surface area contributed by atoms with Crippen molar-refractivity contribution >= 4 is 22.7 Å². The molecule has 2 aliphatic rings. The third-order valence-electron chi connectivity index (χ3n) is 6.50. The highest BCUT2D eigenvalue weighted by atomic mass is 16.5. The standard InChI is InChI=1S/C23H31N3O3/c1-23(22(28)24-18-10-4-3-5-11-18)16-25-19-12-7-6-9-17(19)15-20(25)21(27)26(23)13-8-14-29-2/h6-7,9,12,15,18H,3-5,8,10-11,13-14,16H2,1-2H3,(H,24,28)/t23-/m0/s1. The van der Waals surface area contributed by atoms with E-state index >= 15 is 0 Å². The summed E-state index contributed by atoms with van der Waals surface area (Å²) in [6.45, 7) is 3.44. The lowest BCUT2D eigenvalue weighted by atomic mass is 9.91. The Bertz CT molecular complexity index is 900. The van der Waals surface area contributed by atoms with E-state index in [2.05, 4.69) is 5.32 Å². The number of rotatable bonds is 6. The number of hydrogen-bond acceptors (Lipinski definition) is 3. The molecule has 0 spiro atoms. The molecule has 6 heteroatoms. The molecule has 6 nitrogen and oxygen atoms in total. The molecule has 1 N–H and O–H groups in total. The van der Waals surface area contributed by atoms with Gasteiger partial charge in [-0.15, -0.1) is 0 Å². The van der Waals surface area contributed by atoms with Gasteiger partial charge in [-0.05, 0) is 38.3 Å². The van der Waals surface area contributed by atoms with Crippen molar-refractivity contribution in [2.75, 3.05) is 20.3 Å². The van der Waals surface area contributed by atoms with Gasteiger partial charge in [0.15, 0.2) is 0 Å². The van der Waals surface area contributed by atoms with Gasteiger partial charge in [0.1, 0.15) is 11.2 Å². The fraction of sp³-hybridized carbons (Fsp3) is 0.565. The first-order valence-electron chi connectivity index (χ1n) is 10.7. The van der Waals surface area contributed by atoms with E-state index in [0.717, 1.165) is 36.6 Å². The Balaban J connectivity index is 1.68. The molecule has 1 aromatic carbocycles. The lowest BCUT2D eigenvalue weighted by molar-refractivity contribution is -0.133. The molecule has 0 bridgehead atoms. The molecule has 4 rings (SSSR count). The van der Waals surface area contributed by atoms with Crippen LogP contribution in [-0.2, 0) is 16.1 Å². The van der Waals surface area contributed by atoms with Crippen LogP contribution in [0.4, 0.5) is 0 Å². The topological polar surface area (TPSA) is 63.6 Å². The van der Waals surface area contributed by atoms with Crippen molar-refractivity contribution < 1.29 is 14.3 Å². The predicted molar refractivity (Wildman–Crippen MR) is 113 cm³/mol. The zero-order valence-corrected chi connectivity index (χ0v) is 17.4. The summed E-state index contributed by atoms with van der Waals surface area (Å²) in [6.07, 6.45) is 6.31. The summed E-state index contributed by atoms with van der Waals surface area (Å²) in [5.74, 6) is -0.122. The van der Waals surface area contributed by atoms with Crippen molar-refractivity contribution in [3.8, 4) is 0 Å². The summed E-state index contributed by atoms with van der Waals surface area (Å²) in [5, 5.41) is 4.30. The van der Waals surface area contributed by atoms with Gasteiger partial charge in [-0.25, -0.2) is 0 Å². The minimum Gasteiger partial charge on any atom is -0.385 e. The van der Waals surface area contributed by atoms with Gasteiger partial charge in [-0.2, -0.15) is 0 Å². The number of carbonyl (C=O) groups is 2. The summed E-state index contributed by atoms with van der Waals surface area (Å²) in [7, 11) is 1.66. The number of hydrogen-bond donors (Lipinski definition) is 1. The van der Waals surface area contributed by atoms with Crippen molar-refractivity contribution in [3.05, 3.63) is 36.0 Å². The van der Waals surface area contributed by atoms with Crippen LogP contribution in [0.15, 0.2) is 30.3 Å². The van der Waals surface area contributed by atoms with Gasteiger partial charge in [0.2, 0.25) is 5.91 Å². The average Bonchev–Trinajstić information content (AvgIpc) is 3.10. The molecule has 2 aromatic rings. The highest BCUT2D eigenvalue weighted by Gasteiger charge is 2.47. The number of methoxy groups -OCH3 is 1. The van der Waals surface area contributed by atoms with Crippen molar-refractivity contribution in [1.29, 1.82) is 0 Å². The second-order valence-corrected chi connectivity index (χ2v) is 8.56.